The highest BCUT2D eigenvalue weighted by atomic mass is 16.8. The average Bonchev–Trinajstić information content (AvgIpc) is 2.94. The van der Waals surface area contributed by atoms with Crippen LogP contribution in [0.25, 0.3) is 0 Å². The highest BCUT2D eigenvalue weighted by Gasteiger charge is 2.51. The molecule has 1 aromatic carbocycles. The fraction of sp³-hybridized carbons (Fsp3) is 0.533. The van der Waals surface area contributed by atoms with E-state index in [1.165, 1.54) is 13.2 Å². The zero-order valence-electron chi connectivity index (χ0n) is 12.8. The molecule has 1 aliphatic heterocycles. The summed E-state index contributed by atoms with van der Waals surface area (Å²) >= 11 is 0. The lowest BCUT2D eigenvalue weighted by Gasteiger charge is -2.24. The van der Waals surface area contributed by atoms with Crippen molar-refractivity contribution < 1.29 is 23.9 Å². The molecule has 0 N–H and O–H groups in total. The van der Waals surface area contributed by atoms with Gasteiger partial charge in [0.15, 0.2) is 11.9 Å². The van der Waals surface area contributed by atoms with Crippen molar-refractivity contribution in [2.75, 3.05) is 7.11 Å². The lowest BCUT2D eigenvalue weighted by molar-refractivity contribution is -0.386. The van der Waals surface area contributed by atoms with Crippen LogP contribution in [-0.2, 0) is 19.0 Å². The number of benzene rings is 1. The number of hydrogen-bond donors (Lipinski definition) is 0. The summed E-state index contributed by atoms with van der Waals surface area (Å²) in [4.78, 5) is 22.7. The maximum atomic E-state index is 12.0. The van der Waals surface area contributed by atoms with Crippen molar-refractivity contribution >= 4 is 11.7 Å². The first-order chi connectivity index (χ1) is 10.5. The Morgan fingerprint density at radius 3 is 2.50 bits per heavy atom. The number of nitro groups is 1. The minimum atomic E-state index is -1.02. The molecular weight excluding hydrogens is 290 g/mol. The van der Waals surface area contributed by atoms with E-state index < -0.39 is 28.9 Å². The van der Waals surface area contributed by atoms with E-state index in [2.05, 4.69) is 0 Å². The van der Waals surface area contributed by atoms with Gasteiger partial charge in [0.25, 0.3) is 5.69 Å². The first-order valence-corrected chi connectivity index (χ1v) is 7.14. The number of rotatable bonds is 5. The molecule has 0 amide bonds. The molecule has 7 heteroatoms. The van der Waals surface area contributed by atoms with E-state index in [0.717, 1.165) is 0 Å². The standard InChI is InChI=1S/C15H19NO6/c1-4-15(5-2)21-12(13(22-15)14(17)20-3)10-8-6-7-9-11(10)16(18)19/h6-9,12-13H,4-5H2,1-3H3/t12-,13+/m0/s1. The first-order valence-electron chi connectivity index (χ1n) is 7.14. The Bertz CT molecular complexity index is 569. The minimum absolute atomic E-state index is 0.104. The van der Waals surface area contributed by atoms with Crippen LogP contribution in [0.4, 0.5) is 5.69 Å². The molecule has 1 saturated heterocycles. The van der Waals surface area contributed by atoms with Gasteiger partial charge < -0.3 is 14.2 Å². The summed E-state index contributed by atoms with van der Waals surface area (Å²) in [7, 11) is 1.25. The highest BCUT2D eigenvalue weighted by molar-refractivity contribution is 5.76. The van der Waals surface area contributed by atoms with Crippen LogP contribution in [0.3, 0.4) is 0 Å². The van der Waals surface area contributed by atoms with Crippen molar-refractivity contribution in [3.05, 3.63) is 39.9 Å². The second kappa shape index (κ2) is 6.41. The Morgan fingerprint density at radius 1 is 1.32 bits per heavy atom. The molecule has 0 spiro atoms. The quantitative estimate of drug-likeness (QED) is 0.472. The van der Waals surface area contributed by atoms with Gasteiger partial charge in [-0.2, -0.15) is 0 Å². The van der Waals surface area contributed by atoms with Crippen LogP contribution >= 0.6 is 0 Å². The van der Waals surface area contributed by atoms with Gasteiger partial charge in [-0.05, 0) is 18.9 Å². The van der Waals surface area contributed by atoms with Gasteiger partial charge in [0, 0.05) is 6.07 Å². The van der Waals surface area contributed by atoms with Crippen LogP contribution in [0, 0.1) is 10.1 Å². The van der Waals surface area contributed by atoms with E-state index in [9.17, 15) is 14.9 Å². The van der Waals surface area contributed by atoms with Crippen LogP contribution in [0.15, 0.2) is 24.3 Å². The molecule has 120 valence electrons. The van der Waals surface area contributed by atoms with E-state index >= 15 is 0 Å². The maximum Gasteiger partial charge on any atom is 0.338 e. The molecule has 1 aliphatic rings. The molecule has 1 aromatic rings. The van der Waals surface area contributed by atoms with Gasteiger partial charge in [-0.25, -0.2) is 4.79 Å². The number of carbonyl (C=O) groups excluding carboxylic acids is 1. The van der Waals surface area contributed by atoms with Gasteiger partial charge in [0.1, 0.15) is 6.10 Å². The summed E-state index contributed by atoms with van der Waals surface area (Å²) in [5, 5.41) is 11.2. The molecule has 0 radical (unpaired) electrons. The van der Waals surface area contributed by atoms with E-state index in [1.807, 2.05) is 13.8 Å². The number of esters is 1. The molecule has 1 fully saturated rings. The first kappa shape index (κ1) is 16.4. The summed E-state index contributed by atoms with van der Waals surface area (Å²) in [6.07, 6.45) is -0.845. The summed E-state index contributed by atoms with van der Waals surface area (Å²) in [5.74, 6) is -1.54. The maximum absolute atomic E-state index is 12.0. The van der Waals surface area contributed by atoms with Crippen molar-refractivity contribution in [2.24, 2.45) is 0 Å². The van der Waals surface area contributed by atoms with Crippen LogP contribution in [0.5, 0.6) is 0 Å². The molecule has 7 nitrogen and oxygen atoms in total. The smallest absolute Gasteiger partial charge is 0.338 e. The highest BCUT2D eigenvalue weighted by Crippen LogP contribution is 2.44. The number of carbonyl (C=O) groups is 1. The van der Waals surface area contributed by atoms with Gasteiger partial charge in [-0.3, -0.25) is 10.1 Å². The number of para-hydroxylation sites is 1. The topological polar surface area (TPSA) is 87.9 Å². The number of hydrogen-bond acceptors (Lipinski definition) is 6. The third kappa shape index (κ3) is 2.82. The van der Waals surface area contributed by atoms with Gasteiger partial charge >= 0.3 is 5.97 Å². The molecule has 0 unspecified atom stereocenters. The Morgan fingerprint density at radius 2 is 1.95 bits per heavy atom. The Hall–Kier alpha value is -1.99. The predicted octanol–water partition coefficient (Wildman–Crippen LogP) is 2.74. The lowest BCUT2D eigenvalue weighted by Crippen LogP contribution is -2.32. The number of nitro benzene ring substituents is 1. The fourth-order valence-corrected chi connectivity index (χ4v) is 2.61. The monoisotopic (exact) mass is 309 g/mol. The van der Waals surface area contributed by atoms with Crippen LogP contribution < -0.4 is 0 Å². The third-order valence-electron chi connectivity index (χ3n) is 3.91. The van der Waals surface area contributed by atoms with Crippen molar-refractivity contribution in [1.29, 1.82) is 0 Å². The summed E-state index contributed by atoms with van der Waals surface area (Å²) in [6, 6.07) is 6.18. The minimum Gasteiger partial charge on any atom is -0.467 e. The SMILES string of the molecule is CCC1(CC)O[C@@H](C(=O)OC)[C@H](c2ccccc2[N+](=O)[O-])O1. The molecule has 0 aliphatic carbocycles. The molecule has 22 heavy (non-hydrogen) atoms. The van der Waals surface area contributed by atoms with E-state index in [4.69, 9.17) is 14.2 Å². The average molecular weight is 309 g/mol. The van der Waals surface area contributed by atoms with Gasteiger partial charge in [0.2, 0.25) is 0 Å². The second-order valence-corrected chi connectivity index (χ2v) is 5.03. The number of methoxy groups -OCH3 is 1. The Balaban J connectivity index is 2.47. The number of nitrogens with zero attached hydrogens (tertiary/aromatic N) is 1. The van der Waals surface area contributed by atoms with Crippen molar-refractivity contribution in [1.82, 2.24) is 0 Å². The lowest BCUT2D eigenvalue weighted by atomic mass is 10.0. The van der Waals surface area contributed by atoms with Gasteiger partial charge in [-0.1, -0.05) is 26.0 Å². The molecule has 0 aromatic heterocycles. The summed E-state index contributed by atoms with van der Waals surface area (Å²) in [5.41, 5.74) is 0.208. The van der Waals surface area contributed by atoms with E-state index in [-0.39, 0.29) is 5.69 Å². The van der Waals surface area contributed by atoms with Crippen molar-refractivity contribution in [2.45, 2.75) is 44.7 Å². The van der Waals surface area contributed by atoms with Gasteiger partial charge in [0.05, 0.1) is 17.6 Å². The second-order valence-electron chi connectivity index (χ2n) is 5.03. The van der Waals surface area contributed by atoms with Crippen molar-refractivity contribution in [3.8, 4) is 0 Å². The molecular formula is C15H19NO6. The third-order valence-corrected chi connectivity index (χ3v) is 3.91. The van der Waals surface area contributed by atoms with Gasteiger partial charge in [-0.15, -0.1) is 0 Å². The Labute approximate surface area is 128 Å². The molecule has 0 bridgehead atoms. The molecule has 2 atom stereocenters. The van der Waals surface area contributed by atoms with Crippen LogP contribution in [0.2, 0.25) is 0 Å². The largest absolute Gasteiger partial charge is 0.467 e. The van der Waals surface area contributed by atoms with E-state index in [0.29, 0.717) is 18.4 Å². The Kier molecular flexibility index (Phi) is 4.77. The predicted molar refractivity (Wildman–Crippen MR) is 77.1 cm³/mol. The summed E-state index contributed by atoms with van der Waals surface area (Å²) in [6.45, 7) is 3.75. The van der Waals surface area contributed by atoms with E-state index in [1.54, 1.807) is 18.2 Å². The number of ether oxygens (including phenoxy) is 3. The zero-order chi connectivity index (χ0) is 16.3. The molecule has 2 rings (SSSR count). The van der Waals surface area contributed by atoms with Crippen molar-refractivity contribution in [3.63, 3.8) is 0 Å². The molecule has 0 saturated carbocycles. The zero-order valence-corrected chi connectivity index (χ0v) is 12.8. The van der Waals surface area contributed by atoms with Crippen LogP contribution in [-0.4, -0.2) is 29.9 Å². The summed E-state index contributed by atoms with van der Waals surface area (Å²) < 4.78 is 16.5. The normalized spacial score (nSPS) is 23.2. The fourth-order valence-electron chi connectivity index (χ4n) is 2.61. The van der Waals surface area contributed by atoms with Crippen LogP contribution in [0.1, 0.15) is 38.4 Å². The molecule has 1 heterocycles.